The molecule has 1 unspecified atom stereocenters. The lowest BCUT2D eigenvalue weighted by atomic mass is 9.97. The van der Waals surface area contributed by atoms with E-state index in [1.165, 1.54) is 24.1 Å². The lowest BCUT2D eigenvalue weighted by Crippen LogP contribution is -2.54. The van der Waals surface area contributed by atoms with Crippen molar-refractivity contribution < 1.29 is 38.5 Å². The van der Waals surface area contributed by atoms with Gasteiger partial charge in [0.1, 0.15) is 11.6 Å². The number of β-amino-alcohol motifs (C(OH)–C–C–N with tert-alkyl or cyclic N) is 1. The van der Waals surface area contributed by atoms with E-state index in [4.69, 9.17) is 14.2 Å². The molecule has 1 rings (SSSR count). The summed E-state index contributed by atoms with van der Waals surface area (Å²) in [7, 11) is 1.50. The molecule has 0 heterocycles. The van der Waals surface area contributed by atoms with Crippen LogP contribution in [0.25, 0.3) is 0 Å². The van der Waals surface area contributed by atoms with E-state index < -0.39 is 52.1 Å². The van der Waals surface area contributed by atoms with Crippen LogP contribution in [-0.2, 0) is 19.1 Å². The van der Waals surface area contributed by atoms with Gasteiger partial charge in [-0.3, -0.25) is 19.3 Å². The molecule has 0 aromatic heterocycles. The maximum atomic E-state index is 12.7. The second-order valence-electron chi connectivity index (χ2n) is 14.3. The Bertz CT molecular complexity index is 1130. The Balaban J connectivity index is 2.94. The number of hydrogen-bond acceptors (Lipinski definition) is 9. The highest BCUT2D eigenvalue weighted by Gasteiger charge is 2.30. The monoisotopic (exact) mass is 593 g/mol. The first-order valence-corrected chi connectivity index (χ1v) is 14.1. The SMILES string of the molecule is C[C@@H](C(=O)NCC(C)(C)NCC(O)c1ccc(OC(=O)C(C)(C)C)c(OC(=O)C(C)(C)C)c1)N(C)C(=O)OC(C)(C)C. The molecule has 0 saturated carbocycles. The Morgan fingerprint density at radius 2 is 1.36 bits per heavy atom. The van der Waals surface area contributed by atoms with Gasteiger partial charge in [0.05, 0.1) is 16.9 Å². The maximum Gasteiger partial charge on any atom is 0.410 e. The molecule has 11 heteroatoms. The molecule has 238 valence electrons. The molecule has 0 fully saturated rings. The van der Waals surface area contributed by atoms with Crippen molar-refractivity contribution in [3.05, 3.63) is 23.8 Å². The van der Waals surface area contributed by atoms with Crippen LogP contribution in [0.15, 0.2) is 18.2 Å². The van der Waals surface area contributed by atoms with Gasteiger partial charge in [-0.05, 0) is 101 Å². The maximum absolute atomic E-state index is 12.7. The highest BCUT2D eigenvalue weighted by molar-refractivity contribution is 5.85. The third-order valence-electron chi connectivity index (χ3n) is 6.10. The summed E-state index contributed by atoms with van der Waals surface area (Å²) in [5.41, 5.74) is -2.47. The van der Waals surface area contributed by atoms with Gasteiger partial charge < -0.3 is 30.0 Å². The van der Waals surface area contributed by atoms with Gasteiger partial charge in [-0.2, -0.15) is 0 Å². The molecule has 0 aliphatic heterocycles. The molecule has 11 nitrogen and oxygen atoms in total. The fourth-order valence-corrected chi connectivity index (χ4v) is 3.08. The molecule has 0 bridgehead atoms. The summed E-state index contributed by atoms with van der Waals surface area (Å²) in [4.78, 5) is 51.4. The van der Waals surface area contributed by atoms with Crippen molar-refractivity contribution in [2.24, 2.45) is 10.8 Å². The lowest BCUT2D eigenvalue weighted by molar-refractivity contribution is -0.145. The summed E-state index contributed by atoms with van der Waals surface area (Å²) in [5.74, 6) is -1.28. The van der Waals surface area contributed by atoms with Crippen LogP contribution in [0.3, 0.4) is 0 Å². The van der Waals surface area contributed by atoms with E-state index >= 15 is 0 Å². The molecular formula is C31H51N3O8. The zero-order chi connectivity index (χ0) is 32.8. The number of amides is 2. The van der Waals surface area contributed by atoms with Crippen molar-refractivity contribution in [2.75, 3.05) is 20.1 Å². The van der Waals surface area contributed by atoms with Crippen LogP contribution in [0.4, 0.5) is 4.79 Å². The quantitative estimate of drug-likeness (QED) is 0.266. The van der Waals surface area contributed by atoms with E-state index in [0.29, 0.717) is 5.56 Å². The van der Waals surface area contributed by atoms with Gasteiger partial charge in [0, 0.05) is 25.7 Å². The number of aliphatic hydroxyl groups is 1. The normalized spacial score (nSPS) is 14.0. The highest BCUT2D eigenvalue weighted by atomic mass is 16.6. The fourth-order valence-electron chi connectivity index (χ4n) is 3.08. The molecule has 0 radical (unpaired) electrons. The lowest BCUT2D eigenvalue weighted by Gasteiger charge is -2.31. The molecule has 0 spiro atoms. The van der Waals surface area contributed by atoms with Crippen molar-refractivity contribution in [2.45, 2.75) is 106 Å². The van der Waals surface area contributed by atoms with Gasteiger partial charge in [0.15, 0.2) is 11.5 Å². The Morgan fingerprint density at radius 1 is 0.857 bits per heavy atom. The smallest absolute Gasteiger partial charge is 0.410 e. The average molecular weight is 594 g/mol. The number of aliphatic hydroxyl groups excluding tert-OH is 1. The molecule has 1 aromatic carbocycles. The summed E-state index contributed by atoms with van der Waals surface area (Å²) in [6.07, 6.45) is -1.62. The standard InChI is InChI=1S/C31H51N3O8/c1-19(34(13)27(39)42-30(8,9)10)24(36)32-18-31(11,12)33-17-21(35)20-14-15-22(40-25(37)28(2,3)4)23(16-20)41-26(38)29(5,6)7/h14-16,19,21,33,35H,17-18H2,1-13H3,(H,32,36)/t19-,21?/m0/s1. The number of ether oxygens (including phenoxy) is 3. The Hall–Kier alpha value is -3.18. The second-order valence-corrected chi connectivity index (χ2v) is 14.3. The molecule has 0 aliphatic rings. The van der Waals surface area contributed by atoms with Crippen LogP contribution in [0.2, 0.25) is 0 Å². The van der Waals surface area contributed by atoms with Gasteiger partial charge in [-0.25, -0.2) is 4.79 Å². The van der Waals surface area contributed by atoms with Gasteiger partial charge in [-0.1, -0.05) is 6.07 Å². The van der Waals surface area contributed by atoms with Crippen molar-refractivity contribution in [1.29, 1.82) is 0 Å². The largest absolute Gasteiger partial charge is 0.444 e. The first-order chi connectivity index (χ1) is 18.8. The van der Waals surface area contributed by atoms with Crippen molar-refractivity contribution in [3.8, 4) is 11.5 Å². The average Bonchev–Trinajstić information content (AvgIpc) is 2.83. The third-order valence-corrected chi connectivity index (χ3v) is 6.10. The zero-order valence-corrected chi connectivity index (χ0v) is 27.6. The predicted octanol–water partition coefficient (Wildman–Crippen LogP) is 4.36. The minimum Gasteiger partial charge on any atom is -0.444 e. The number of nitrogens with zero attached hydrogens (tertiary/aromatic N) is 1. The Labute approximate surface area is 250 Å². The van der Waals surface area contributed by atoms with Crippen molar-refractivity contribution in [3.63, 3.8) is 0 Å². The van der Waals surface area contributed by atoms with Crippen LogP contribution in [0.1, 0.15) is 94.8 Å². The van der Waals surface area contributed by atoms with Gasteiger partial charge in [0.25, 0.3) is 0 Å². The molecule has 0 saturated heterocycles. The highest BCUT2D eigenvalue weighted by Crippen LogP contribution is 2.34. The zero-order valence-electron chi connectivity index (χ0n) is 27.6. The van der Waals surface area contributed by atoms with Gasteiger partial charge in [0.2, 0.25) is 5.91 Å². The number of hydrogen-bond donors (Lipinski definition) is 3. The molecule has 42 heavy (non-hydrogen) atoms. The Morgan fingerprint density at radius 3 is 1.83 bits per heavy atom. The topological polar surface area (TPSA) is 144 Å². The van der Waals surface area contributed by atoms with Crippen LogP contribution in [0.5, 0.6) is 11.5 Å². The first-order valence-electron chi connectivity index (χ1n) is 14.1. The summed E-state index contributed by atoms with van der Waals surface area (Å²) < 4.78 is 16.4. The summed E-state index contributed by atoms with van der Waals surface area (Å²) in [6, 6.07) is 3.79. The third kappa shape index (κ3) is 12.0. The fraction of sp³-hybridized carbons (Fsp3) is 0.677. The minimum absolute atomic E-state index is 0.0266. The summed E-state index contributed by atoms with van der Waals surface area (Å²) >= 11 is 0. The summed E-state index contributed by atoms with van der Waals surface area (Å²) in [5, 5.41) is 17.0. The first kappa shape index (κ1) is 36.8. The van der Waals surface area contributed by atoms with E-state index in [1.54, 1.807) is 75.3 Å². The van der Waals surface area contributed by atoms with Crippen molar-refractivity contribution >= 4 is 23.9 Å². The number of carbonyl (C=O) groups is 4. The second kappa shape index (κ2) is 13.9. The van der Waals surface area contributed by atoms with Gasteiger partial charge >= 0.3 is 18.0 Å². The number of carbonyl (C=O) groups excluding carboxylic acids is 4. The van der Waals surface area contributed by atoms with Crippen LogP contribution in [0, 0.1) is 10.8 Å². The van der Waals surface area contributed by atoms with E-state index in [-0.39, 0.29) is 30.5 Å². The predicted molar refractivity (Wildman–Crippen MR) is 160 cm³/mol. The van der Waals surface area contributed by atoms with E-state index in [1.807, 2.05) is 13.8 Å². The molecule has 2 amide bonds. The van der Waals surface area contributed by atoms with Gasteiger partial charge in [-0.15, -0.1) is 0 Å². The number of nitrogens with one attached hydrogen (secondary N) is 2. The number of benzene rings is 1. The van der Waals surface area contributed by atoms with E-state index in [2.05, 4.69) is 10.6 Å². The number of likely N-dealkylation sites (N-methyl/N-ethyl adjacent to an activating group) is 1. The van der Waals surface area contributed by atoms with Crippen molar-refractivity contribution in [1.82, 2.24) is 15.5 Å². The number of esters is 2. The van der Waals surface area contributed by atoms with Crippen LogP contribution >= 0.6 is 0 Å². The molecule has 1 aromatic rings. The van der Waals surface area contributed by atoms with Crippen LogP contribution in [-0.4, -0.2) is 71.3 Å². The molecule has 2 atom stereocenters. The number of rotatable bonds is 10. The Kier molecular flexibility index (Phi) is 12.2. The van der Waals surface area contributed by atoms with E-state index in [0.717, 1.165) is 0 Å². The van der Waals surface area contributed by atoms with Crippen LogP contribution < -0.4 is 20.1 Å². The molecule has 3 N–H and O–H groups in total. The summed E-state index contributed by atoms with van der Waals surface area (Å²) in [6.45, 7) is 21.1. The van der Waals surface area contributed by atoms with E-state index in [9.17, 15) is 24.3 Å². The minimum atomic E-state index is -1.02. The molecule has 0 aliphatic carbocycles. The molecular weight excluding hydrogens is 542 g/mol.